The third kappa shape index (κ3) is 4.88. The molecule has 0 spiro atoms. The van der Waals surface area contributed by atoms with Crippen molar-refractivity contribution in [1.82, 2.24) is 0 Å². The zero-order valence-corrected chi connectivity index (χ0v) is 29.8. The molecule has 9 nitrogen and oxygen atoms in total. The molecular weight excluding hydrogens is 604 g/mol. The largest absolute Gasteiger partial charge is 0.455 e. The molecule has 3 fully saturated rings. The molecule has 2 unspecified atom stereocenters. The van der Waals surface area contributed by atoms with Crippen molar-refractivity contribution in [1.29, 1.82) is 0 Å². The third-order valence-corrected chi connectivity index (χ3v) is 17.2. The number of ketones is 1. The Hall–Kier alpha value is -2.37. The second-order valence-electron chi connectivity index (χ2n) is 14.8. The molecule has 0 aromatic heterocycles. The number of fused-ring (bicyclic) bond motifs is 5. The van der Waals surface area contributed by atoms with E-state index in [1.807, 2.05) is 34.6 Å². The van der Waals surface area contributed by atoms with E-state index < -0.39 is 78.5 Å². The van der Waals surface area contributed by atoms with Crippen LogP contribution in [0.1, 0.15) is 85.5 Å². The number of carbonyl (C=O) groups is 3. The molecule has 2 saturated carbocycles. The van der Waals surface area contributed by atoms with Gasteiger partial charge in [-0.15, -0.1) is 0 Å². The van der Waals surface area contributed by atoms with Crippen LogP contribution in [0.5, 0.6) is 0 Å². The van der Waals surface area contributed by atoms with Crippen molar-refractivity contribution in [2.45, 2.75) is 129 Å². The predicted octanol–water partition coefficient (Wildman–Crippen LogP) is 5.39. The van der Waals surface area contributed by atoms with Gasteiger partial charge in [0.25, 0.3) is 0 Å². The van der Waals surface area contributed by atoms with Crippen LogP contribution >= 0.6 is 0 Å². The minimum Gasteiger partial charge on any atom is -0.455 e. The lowest BCUT2D eigenvalue weighted by Crippen LogP contribution is -2.81. The summed E-state index contributed by atoms with van der Waals surface area (Å²) in [6, 6.07) is 11.0. The van der Waals surface area contributed by atoms with E-state index in [0.717, 1.165) is 18.1 Å². The highest BCUT2D eigenvalue weighted by Crippen LogP contribution is 2.65. The molecule has 0 amide bonds. The summed E-state index contributed by atoms with van der Waals surface area (Å²) in [5, 5.41) is 24.6. The topological polar surface area (TPSA) is 129 Å². The van der Waals surface area contributed by atoms with Crippen molar-refractivity contribution < 1.29 is 43.2 Å². The average Bonchev–Trinajstić information content (AvgIpc) is 3.01. The fraction of sp³-hybridized carbons (Fsp3) is 0.694. The summed E-state index contributed by atoms with van der Waals surface area (Å²) < 4.78 is 26.1. The Morgan fingerprint density at radius 3 is 2.20 bits per heavy atom. The Morgan fingerprint density at radius 2 is 1.67 bits per heavy atom. The smallest absolute Gasteiger partial charge is 0.338 e. The number of ether oxygens (including phenoxy) is 3. The summed E-state index contributed by atoms with van der Waals surface area (Å²) in [5.41, 5.74) is -4.18. The van der Waals surface area contributed by atoms with Crippen molar-refractivity contribution in [2.75, 3.05) is 6.61 Å². The van der Waals surface area contributed by atoms with Crippen LogP contribution in [0.3, 0.4) is 0 Å². The molecule has 46 heavy (non-hydrogen) atoms. The van der Waals surface area contributed by atoms with E-state index in [1.165, 1.54) is 6.92 Å². The number of Topliss-reactive ketones (excluding diaryl/α,β-unsaturated/α-hetero) is 1. The summed E-state index contributed by atoms with van der Waals surface area (Å²) in [6.45, 7) is 16.9. The fourth-order valence-corrected chi connectivity index (χ4v) is 12.6. The first-order valence-corrected chi connectivity index (χ1v) is 19.4. The van der Waals surface area contributed by atoms with Gasteiger partial charge in [0.1, 0.15) is 23.6 Å². The molecule has 1 saturated heterocycles. The van der Waals surface area contributed by atoms with Crippen LogP contribution in [0.2, 0.25) is 18.1 Å². The predicted molar refractivity (Wildman–Crippen MR) is 174 cm³/mol. The van der Waals surface area contributed by atoms with Crippen LogP contribution in [0.15, 0.2) is 41.5 Å². The number of rotatable bonds is 8. The van der Waals surface area contributed by atoms with Crippen molar-refractivity contribution >= 4 is 26.0 Å². The Balaban J connectivity index is 1.84. The summed E-state index contributed by atoms with van der Waals surface area (Å²) in [7, 11) is -2.34. The molecule has 4 aliphatic rings. The normalized spacial score (nSPS) is 38.5. The van der Waals surface area contributed by atoms with Gasteiger partial charge in [0, 0.05) is 31.1 Å². The minimum atomic E-state index is -2.34. The number of carbonyl (C=O) groups excluding carboxylic acids is 3. The lowest BCUT2D eigenvalue weighted by atomic mass is 9.43. The molecule has 254 valence electrons. The van der Waals surface area contributed by atoms with Gasteiger partial charge in [-0.3, -0.25) is 9.59 Å². The Bertz CT molecular complexity index is 1390. The molecular formula is C36H52O9Si. The molecule has 1 aliphatic heterocycles. The Kier molecular flexibility index (Phi) is 9.08. The van der Waals surface area contributed by atoms with E-state index in [-0.39, 0.29) is 24.4 Å². The van der Waals surface area contributed by atoms with E-state index in [4.69, 9.17) is 18.6 Å². The first-order valence-electron chi connectivity index (χ1n) is 16.9. The number of hydrogen-bond acceptors (Lipinski definition) is 9. The third-order valence-electron chi connectivity index (χ3n) is 12.5. The van der Waals surface area contributed by atoms with Crippen LogP contribution in [0.25, 0.3) is 0 Å². The fourth-order valence-electron chi connectivity index (χ4n) is 9.61. The molecule has 10 heteroatoms. The summed E-state index contributed by atoms with van der Waals surface area (Å²) in [6.07, 6.45) is -3.58. The quantitative estimate of drug-likeness (QED) is 0.215. The van der Waals surface area contributed by atoms with Crippen molar-refractivity contribution in [2.24, 2.45) is 22.7 Å². The minimum absolute atomic E-state index is 0.0238. The van der Waals surface area contributed by atoms with Gasteiger partial charge in [-0.25, -0.2) is 4.79 Å². The van der Waals surface area contributed by atoms with E-state index >= 15 is 4.79 Å². The van der Waals surface area contributed by atoms with E-state index in [2.05, 4.69) is 20.8 Å². The van der Waals surface area contributed by atoms with Crippen molar-refractivity contribution in [3.05, 3.63) is 47.0 Å². The van der Waals surface area contributed by atoms with Gasteiger partial charge in [0.15, 0.2) is 13.9 Å². The number of esters is 2. The van der Waals surface area contributed by atoms with Crippen LogP contribution in [-0.4, -0.2) is 78.5 Å². The van der Waals surface area contributed by atoms with Gasteiger partial charge in [-0.1, -0.05) is 59.7 Å². The van der Waals surface area contributed by atoms with Gasteiger partial charge in [0.05, 0.1) is 35.7 Å². The van der Waals surface area contributed by atoms with Gasteiger partial charge >= 0.3 is 11.9 Å². The van der Waals surface area contributed by atoms with Crippen LogP contribution in [-0.2, 0) is 28.2 Å². The van der Waals surface area contributed by atoms with Gasteiger partial charge in [-0.2, -0.15) is 0 Å². The maximum atomic E-state index is 15.4. The first-order chi connectivity index (χ1) is 21.5. The molecule has 1 aromatic rings. The zero-order valence-electron chi connectivity index (χ0n) is 28.8. The Morgan fingerprint density at radius 1 is 1.07 bits per heavy atom. The number of aliphatic hydroxyl groups excluding tert-OH is 1. The average molecular weight is 657 g/mol. The SMILES string of the molecule is CC[Si](CC)(CC)O[C@H]1C[C@H]2OC[C@@]2(OC(C)=O)C2[C@H](OC(=O)c3ccccc3)[C@]3(O)CC(O)C(C)=C([C@@H](C)C(=O)[C@@]21C)C3(C)C. The van der Waals surface area contributed by atoms with Crippen molar-refractivity contribution in [3.63, 3.8) is 0 Å². The van der Waals surface area contributed by atoms with E-state index in [0.29, 0.717) is 17.6 Å². The lowest BCUT2D eigenvalue weighted by molar-refractivity contribution is -0.344. The molecule has 2 N–H and O–H groups in total. The van der Waals surface area contributed by atoms with Crippen LogP contribution in [0.4, 0.5) is 0 Å². The molecule has 3 aliphatic carbocycles. The number of aliphatic hydroxyl groups is 2. The van der Waals surface area contributed by atoms with E-state index in [9.17, 15) is 19.8 Å². The monoisotopic (exact) mass is 656 g/mol. The standard InChI is InChI=1S/C36H52O9Si/c1-10-46(11-2,12-3)45-26-18-27-35(20-42-27,44-23(6)37)29-31(43-32(40)24-16-14-13-15-17-24)36(41)19-25(38)21(4)28(33(36,7)8)22(5)30(39)34(26,29)9/h13-17,22,25-27,29,31,38,41H,10-12,18-20H2,1-9H3/t22-,25?,26+,27-,29?,31+,34-,35+,36-/m1/s1. The highest BCUT2D eigenvalue weighted by atomic mass is 28.4. The molecule has 1 heterocycles. The van der Waals surface area contributed by atoms with Crippen molar-refractivity contribution in [3.8, 4) is 0 Å². The maximum absolute atomic E-state index is 15.4. The molecule has 0 radical (unpaired) electrons. The number of hydrogen-bond donors (Lipinski definition) is 2. The van der Waals surface area contributed by atoms with Gasteiger partial charge in [0.2, 0.25) is 0 Å². The molecule has 9 atom stereocenters. The molecule has 5 rings (SSSR count). The van der Waals surface area contributed by atoms with Gasteiger partial charge < -0.3 is 28.8 Å². The van der Waals surface area contributed by atoms with Crippen LogP contribution < -0.4 is 0 Å². The second kappa shape index (κ2) is 11.9. The highest BCUT2D eigenvalue weighted by Gasteiger charge is 2.78. The van der Waals surface area contributed by atoms with Crippen LogP contribution in [0, 0.1) is 22.7 Å². The summed E-state index contributed by atoms with van der Waals surface area (Å²) in [5.74, 6) is -3.15. The molecule has 2 bridgehead atoms. The first kappa shape index (κ1) is 34.9. The molecule has 1 aromatic carbocycles. The summed E-state index contributed by atoms with van der Waals surface area (Å²) >= 11 is 0. The lowest BCUT2D eigenvalue weighted by Gasteiger charge is -2.68. The summed E-state index contributed by atoms with van der Waals surface area (Å²) in [4.78, 5) is 42.3. The Labute approximate surface area is 274 Å². The highest BCUT2D eigenvalue weighted by molar-refractivity contribution is 6.73. The van der Waals surface area contributed by atoms with E-state index in [1.54, 1.807) is 30.3 Å². The number of benzene rings is 1. The zero-order chi connectivity index (χ0) is 34.0. The maximum Gasteiger partial charge on any atom is 0.338 e. The second-order valence-corrected chi connectivity index (χ2v) is 19.6. The van der Waals surface area contributed by atoms with Gasteiger partial charge in [-0.05, 0) is 55.3 Å².